The number of hydrogen-bond acceptors (Lipinski definition) is 5. The van der Waals surface area contributed by atoms with Gasteiger partial charge in [0.2, 0.25) is 0 Å². The lowest BCUT2D eigenvalue weighted by Crippen LogP contribution is -2.37. The molecule has 2 aliphatic rings. The predicted molar refractivity (Wildman–Crippen MR) is 117 cm³/mol. The highest BCUT2D eigenvalue weighted by Gasteiger charge is 2.50. The number of nitrogens with zero attached hydrogens (tertiary/aromatic N) is 1. The van der Waals surface area contributed by atoms with Crippen LogP contribution in [0.25, 0.3) is 5.76 Å². The number of aliphatic hydroxyl groups excluding tert-OH is 1. The van der Waals surface area contributed by atoms with Crippen LogP contribution in [0.15, 0.2) is 48.0 Å². The first-order chi connectivity index (χ1) is 15.0. The number of para-hydroxylation sites is 1. The fourth-order valence-electron chi connectivity index (χ4n) is 4.79. The Labute approximate surface area is 182 Å². The van der Waals surface area contributed by atoms with E-state index >= 15 is 0 Å². The molecule has 1 amide bonds. The number of rotatable bonds is 5. The molecule has 2 fully saturated rings. The number of ether oxygens (including phenoxy) is 2. The van der Waals surface area contributed by atoms with E-state index in [2.05, 4.69) is 0 Å². The smallest absolute Gasteiger partial charge is 0.295 e. The van der Waals surface area contributed by atoms with Crippen molar-refractivity contribution >= 4 is 17.4 Å². The standard InChI is InChI=1S/C25H27NO5/c1-15-14-16(12-13-19(15)30-2)23(27)21-22(18-10-6-7-11-20(18)31-3)26(25(29)24(21)28)17-8-4-5-9-17/h6-7,10-14,17,22,27H,4-5,8-9H2,1-3H3/b23-21+. The first-order valence-corrected chi connectivity index (χ1v) is 10.6. The molecule has 31 heavy (non-hydrogen) atoms. The van der Waals surface area contributed by atoms with Gasteiger partial charge in [-0.2, -0.15) is 0 Å². The third kappa shape index (κ3) is 3.56. The van der Waals surface area contributed by atoms with E-state index in [4.69, 9.17) is 9.47 Å². The second kappa shape index (κ2) is 8.46. The fraction of sp³-hybridized carbons (Fsp3) is 0.360. The SMILES string of the molecule is COc1ccc(/C(O)=C2\C(=O)C(=O)N(C3CCCC3)C2c2ccccc2OC)cc1C. The quantitative estimate of drug-likeness (QED) is 0.441. The van der Waals surface area contributed by atoms with Crippen LogP contribution in [-0.4, -0.2) is 42.0 Å². The van der Waals surface area contributed by atoms with Crippen molar-refractivity contribution in [3.05, 3.63) is 64.7 Å². The van der Waals surface area contributed by atoms with Gasteiger partial charge in [-0.1, -0.05) is 31.0 Å². The van der Waals surface area contributed by atoms with Crippen LogP contribution in [0, 0.1) is 6.92 Å². The van der Waals surface area contributed by atoms with Crippen molar-refractivity contribution in [3.8, 4) is 11.5 Å². The van der Waals surface area contributed by atoms with Gasteiger partial charge in [-0.3, -0.25) is 9.59 Å². The van der Waals surface area contributed by atoms with E-state index < -0.39 is 17.7 Å². The van der Waals surface area contributed by atoms with Crippen molar-refractivity contribution in [1.82, 2.24) is 4.90 Å². The van der Waals surface area contributed by atoms with E-state index in [0.29, 0.717) is 22.6 Å². The second-order valence-corrected chi connectivity index (χ2v) is 8.07. The topological polar surface area (TPSA) is 76.1 Å². The lowest BCUT2D eigenvalue weighted by Gasteiger charge is -2.31. The number of likely N-dealkylation sites (tertiary alicyclic amines) is 1. The minimum absolute atomic E-state index is 0.0331. The van der Waals surface area contributed by atoms with Gasteiger partial charge in [0.05, 0.1) is 25.8 Å². The molecule has 1 atom stereocenters. The first kappa shape index (κ1) is 21.0. The highest BCUT2D eigenvalue weighted by molar-refractivity contribution is 6.46. The van der Waals surface area contributed by atoms with Crippen LogP contribution in [0.3, 0.4) is 0 Å². The van der Waals surface area contributed by atoms with Crippen LogP contribution < -0.4 is 9.47 Å². The average Bonchev–Trinajstić information content (AvgIpc) is 3.40. The summed E-state index contributed by atoms with van der Waals surface area (Å²) in [6, 6.07) is 11.8. The molecule has 0 spiro atoms. The van der Waals surface area contributed by atoms with Gasteiger partial charge in [-0.25, -0.2) is 0 Å². The molecule has 2 aromatic rings. The summed E-state index contributed by atoms with van der Waals surface area (Å²) in [4.78, 5) is 28.0. The van der Waals surface area contributed by atoms with E-state index in [1.165, 1.54) is 0 Å². The highest BCUT2D eigenvalue weighted by Crippen LogP contribution is 2.46. The van der Waals surface area contributed by atoms with Gasteiger partial charge in [0.1, 0.15) is 17.3 Å². The van der Waals surface area contributed by atoms with Gasteiger partial charge >= 0.3 is 0 Å². The zero-order valence-corrected chi connectivity index (χ0v) is 18.1. The third-order valence-corrected chi connectivity index (χ3v) is 6.30. The highest BCUT2D eigenvalue weighted by atomic mass is 16.5. The summed E-state index contributed by atoms with van der Waals surface area (Å²) in [6.45, 7) is 1.87. The summed E-state index contributed by atoms with van der Waals surface area (Å²) in [5.74, 6) is -0.137. The molecule has 162 valence electrons. The minimum Gasteiger partial charge on any atom is -0.507 e. The average molecular weight is 421 g/mol. The number of carbonyl (C=O) groups is 2. The molecule has 1 saturated heterocycles. The number of benzene rings is 2. The van der Waals surface area contributed by atoms with Crippen molar-refractivity contribution in [2.24, 2.45) is 0 Å². The molecule has 1 aliphatic heterocycles. The molecule has 0 aromatic heterocycles. The fourth-order valence-corrected chi connectivity index (χ4v) is 4.79. The van der Waals surface area contributed by atoms with Gasteiger partial charge in [-0.05, 0) is 49.6 Å². The summed E-state index contributed by atoms with van der Waals surface area (Å²) in [5, 5.41) is 11.3. The third-order valence-electron chi connectivity index (χ3n) is 6.30. The second-order valence-electron chi connectivity index (χ2n) is 8.07. The molecule has 6 nitrogen and oxygen atoms in total. The Morgan fingerprint density at radius 1 is 1.00 bits per heavy atom. The number of methoxy groups -OCH3 is 2. The van der Waals surface area contributed by atoms with Gasteiger partial charge in [0, 0.05) is 17.2 Å². The van der Waals surface area contributed by atoms with Crippen LogP contribution in [-0.2, 0) is 9.59 Å². The molecule has 1 saturated carbocycles. The normalized spacial score (nSPS) is 21.0. The number of ketones is 1. The maximum absolute atomic E-state index is 13.2. The van der Waals surface area contributed by atoms with Crippen molar-refractivity contribution in [2.45, 2.75) is 44.7 Å². The molecule has 1 heterocycles. The number of aliphatic hydroxyl groups is 1. The van der Waals surface area contributed by atoms with Gasteiger partial charge in [-0.15, -0.1) is 0 Å². The maximum Gasteiger partial charge on any atom is 0.295 e. The summed E-state index contributed by atoms with van der Waals surface area (Å²) < 4.78 is 10.9. The number of carbonyl (C=O) groups excluding carboxylic acids is 2. The molecule has 0 bridgehead atoms. The predicted octanol–water partition coefficient (Wildman–Crippen LogP) is 4.38. The van der Waals surface area contributed by atoms with E-state index in [0.717, 1.165) is 31.2 Å². The van der Waals surface area contributed by atoms with E-state index in [9.17, 15) is 14.7 Å². The number of hydrogen-bond donors (Lipinski definition) is 1. The van der Waals surface area contributed by atoms with Gasteiger partial charge in [0.15, 0.2) is 0 Å². The van der Waals surface area contributed by atoms with Crippen molar-refractivity contribution < 1.29 is 24.2 Å². The molecule has 0 radical (unpaired) electrons. The summed E-state index contributed by atoms with van der Waals surface area (Å²) in [6.07, 6.45) is 3.73. The molecule has 1 unspecified atom stereocenters. The van der Waals surface area contributed by atoms with Crippen LogP contribution in [0.5, 0.6) is 11.5 Å². The Hall–Kier alpha value is -3.28. The van der Waals surface area contributed by atoms with Gasteiger partial charge < -0.3 is 19.5 Å². The monoisotopic (exact) mass is 421 g/mol. The lowest BCUT2D eigenvalue weighted by molar-refractivity contribution is -0.141. The Morgan fingerprint density at radius 2 is 1.68 bits per heavy atom. The largest absolute Gasteiger partial charge is 0.507 e. The summed E-state index contributed by atoms with van der Waals surface area (Å²) in [5.41, 5.74) is 2.10. The number of Topliss-reactive ketones (excluding diaryl/α,β-unsaturated/α-hetero) is 1. The first-order valence-electron chi connectivity index (χ1n) is 10.6. The Kier molecular flexibility index (Phi) is 5.72. The molecular weight excluding hydrogens is 394 g/mol. The van der Waals surface area contributed by atoms with Crippen molar-refractivity contribution in [1.29, 1.82) is 0 Å². The summed E-state index contributed by atoms with van der Waals surface area (Å²) >= 11 is 0. The molecule has 6 heteroatoms. The van der Waals surface area contributed by atoms with E-state index in [-0.39, 0.29) is 17.4 Å². The van der Waals surface area contributed by atoms with Gasteiger partial charge in [0.25, 0.3) is 11.7 Å². The number of amides is 1. The van der Waals surface area contributed by atoms with Crippen LogP contribution in [0.4, 0.5) is 0 Å². The van der Waals surface area contributed by atoms with Crippen molar-refractivity contribution in [3.63, 3.8) is 0 Å². The molecular formula is C25H27NO5. The molecule has 4 rings (SSSR count). The lowest BCUT2D eigenvalue weighted by atomic mass is 9.93. The zero-order chi connectivity index (χ0) is 22.1. The molecule has 1 aliphatic carbocycles. The van der Waals surface area contributed by atoms with E-state index in [1.54, 1.807) is 37.3 Å². The minimum atomic E-state index is -0.693. The Morgan fingerprint density at radius 3 is 2.32 bits per heavy atom. The van der Waals surface area contributed by atoms with Crippen molar-refractivity contribution in [2.75, 3.05) is 14.2 Å². The molecule has 1 N–H and O–H groups in total. The summed E-state index contributed by atoms with van der Waals surface area (Å²) in [7, 11) is 3.14. The van der Waals surface area contributed by atoms with Crippen LogP contribution in [0.2, 0.25) is 0 Å². The van der Waals surface area contributed by atoms with E-state index in [1.807, 2.05) is 31.2 Å². The number of aryl methyl sites for hydroxylation is 1. The maximum atomic E-state index is 13.2. The Balaban J connectivity index is 1.91. The van der Waals surface area contributed by atoms with Crippen LogP contribution >= 0.6 is 0 Å². The van der Waals surface area contributed by atoms with Crippen LogP contribution in [0.1, 0.15) is 48.4 Å². The Bertz CT molecular complexity index is 1050. The molecule has 2 aromatic carbocycles. The zero-order valence-electron chi connectivity index (χ0n) is 18.1.